The number of aliphatic imine (C=N–C) groups is 1. The first-order valence-corrected chi connectivity index (χ1v) is 5.62. The van der Waals surface area contributed by atoms with E-state index in [2.05, 4.69) is 10.3 Å². The topological polar surface area (TPSA) is 78.8 Å². The van der Waals surface area contributed by atoms with Crippen molar-refractivity contribution in [1.82, 2.24) is 5.32 Å². The van der Waals surface area contributed by atoms with Gasteiger partial charge in [-0.05, 0) is 18.8 Å². The van der Waals surface area contributed by atoms with Crippen molar-refractivity contribution < 1.29 is 14.7 Å². The van der Waals surface area contributed by atoms with Gasteiger partial charge >= 0.3 is 29.6 Å². The number of carbonyl (C=O) groups excluding carboxylic acids is 2. The molecule has 0 aliphatic carbocycles. The van der Waals surface area contributed by atoms with Crippen LogP contribution in [0.25, 0.3) is 0 Å². The third-order valence-electron chi connectivity index (χ3n) is 3.34. The standard InChI is InChI=1S/C11H18N2O3.BH3.2ClH.Na.H/c1-4-6-7(3)11(5-2)8(14)12-10(16)13-9(11)15;;;;;/h7H,4-6H2,1-3H3,(H2,12,13,14,15,16);1H3;2*1H;;. The van der Waals surface area contributed by atoms with Crippen molar-refractivity contribution >= 4 is 80.6 Å². The van der Waals surface area contributed by atoms with Gasteiger partial charge < -0.3 is 5.11 Å². The number of nitrogens with one attached hydrogen (secondary N) is 1. The first kappa shape index (κ1) is 28.4. The molecule has 5 nitrogen and oxygen atoms in total. The third kappa shape index (κ3) is 5.22. The number of aliphatic hydroxyl groups excluding tert-OH is 1. The summed E-state index contributed by atoms with van der Waals surface area (Å²) >= 11 is 0. The van der Waals surface area contributed by atoms with E-state index in [1.807, 2.05) is 13.8 Å². The molecule has 0 saturated carbocycles. The fourth-order valence-electron chi connectivity index (χ4n) is 2.31. The molecule has 2 amide bonds. The number of hydrogen-bond donors (Lipinski definition) is 2. The molecule has 2 N–H and O–H groups in total. The van der Waals surface area contributed by atoms with Crippen LogP contribution in [0.5, 0.6) is 0 Å². The summed E-state index contributed by atoms with van der Waals surface area (Å²) in [7, 11) is 0. The van der Waals surface area contributed by atoms with E-state index in [0.29, 0.717) is 6.42 Å². The minimum absolute atomic E-state index is 0. The monoisotopic (exact) mass is 336 g/mol. The molecule has 20 heavy (non-hydrogen) atoms. The van der Waals surface area contributed by atoms with Gasteiger partial charge in [0.2, 0.25) is 5.91 Å². The molecule has 0 aromatic rings. The van der Waals surface area contributed by atoms with E-state index in [9.17, 15) is 9.59 Å². The number of carbonyl (C=O) groups is 2. The zero-order valence-electron chi connectivity index (χ0n) is 10.7. The molecular formula is C11H24BCl2N2NaO3. The summed E-state index contributed by atoms with van der Waals surface area (Å²) in [6.45, 7) is 5.68. The Balaban J connectivity index is -0.000000320. The van der Waals surface area contributed by atoms with Crippen LogP contribution in [0.3, 0.4) is 0 Å². The number of aliphatic hydroxyl groups is 1. The van der Waals surface area contributed by atoms with Crippen molar-refractivity contribution in [3.05, 3.63) is 0 Å². The van der Waals surface area contributed by atoms with Crippen molar-refractivity contribution in [2.75, 3.05) is 0 Å². The summed E-state index contributed by atoms with van der Waals surface area (Å²) in [6.07, 6.45) is 2.08. The summed E-state index contributed by atoms with van der Waals surface area (Å²) in [5.74, 6) is -1.04. The van der Waals surface area contributed by atoms with Gasteiger partial charge in [-0.3, -0.25) is 14.9 Å². The van der Waals surface area contributed by atoms with E-state index in [4.69, 9.17) is 5.11 Å². The summed E-state index contributed by atoms with van der Waals surface area (Å²) in [4.78, 5) is 27.2. The minimum atomic E-state index is -1.11. The fourth-order valence-corrected chi connectivity index (χ4v) is 2.31. The molecule has 0 fully saturated rings. The average Bonchev–Trinajstić information content (AvgIpc) is 2.18. The number of amides is 2. The van der Waals surface area contributed by atoms with Crippen LogP contribution in [0.15, 0.2) is 4.99 Å². The molecule has 2 unspecified atom stereocenters. The van der Waals surface area contributed by atoms with E-state index in [-0.39, 0.29) is 68.7 Å². The first-order chi connectivity index (χ1) is 7.48. The molecule has 114 valence electrons. The van der Waals surface area contributed by atoms with E-state index in [0.717, 1.165) is 12.8 Å². The maximum absolute atomic E-state index is 11.9. The van der Waals surface area contributed by atoms with Crippen LogP contribution >= 0.6 is 24.8 Å². The van der Waals surface area contributed by atoms with Gasteiger partial charge in [0.1, 0.15) is 5.41 Å². The van der Waals surface area contributed by atoms with E-state index in [1.54, 1.807) is 6.92 Å². The predicted octanol–water partition coefficient (Wildman–Crippen LogP) is 0.401. The van der Waals surface area contributed by atoms with Crippen LogP contribution in [-0.2, 0) is 9.59 Å². The Labute approximate surface area is 156 Å². The molecule has 9 heteroatoms. The van der Waals surface area contributed by atoms with Crippen molar-refractivity contribution in [3.63, 3.8) is 0 Å². The van der Waals surface area contributed by atoms with Crippen LogP contribution in [0.1, 0.15) is 40.0 Å². The van der Waals surface area contributed by atoms with Gasteiger partial charge in [-0.15, -0.1) is 24.8 Å². The zero-order valence-corrected chi connectivity index (χ0v) is 12.4. The molecule has 0 bridgehead atoms. The second-order valence-corrected chi connectivity index (χ2v) is 4.21. The van der Waals surface area contributed by atoms with Crippen LogP contribution < -0.4 is 5.32 Å². The Morgan fingerprint density at radius 3 is 2.15 bits per heavy atom. The Hall–Kier alpha value is 0.255. The van der Waals surface area contributed by atoms with Gasteiger partial charge in [-0.25, -0.2) is 0 Å². The quantitative estimate of drug-likeness (QED) is 0.576. The number of rotatable bonds is 4. The van der Waals surface area contributed by atoms with Gasteiger partial charge in [0.05, 0.1) is 8.41 Å². The Morgan fingerprint density at radius 1 is 1.30 bits per heavy atom. The van der Waals surface area contributed by atoms with E-state index >= 15 is 0 Å². The van der Waals surface area contributed by atoms with Crippen molar-refractivity contribution in [2.24, 2.45) is 16.3 Å². The summed E-state index contributed by atoms with van der Waals surface area (Å²) in [6, 6.07) is -0.595. The predicted molar refractivity (Wildman–Crippen MR) is 91.6 cm³/mol. The molecule has 2 atom stereocenters. The van der Waals surface area contributed by atoms with Gasteiger partial charge in [0, 0.05) is 0 Å². The first-order valence-electron chi connectivity index (χ1n) is 5.62. The zero-order chi connectivity index (χ0) is 12.3. The Bertz CT molecular complexity index is 359. The molecule has 0 aromatic carbocycles. The van der Waals surface area contributed by atoms with Gasteiger partial charge in [0.25, 0.3) is 11.9 Å². The van der Waals surface area contributed by atoms with Crippen LogP contribution in [0, 0.1) is 11.3 Å². The van der Waals surface area contributed by atoms with E-state index < -0.39 is 23.3 Å². The second kappa shape index (κ2) is 11.9. The van der Waals surface area contributed by atoms with Gasteiger partial charge in [-0.2, -0.15) is 4.99 Å². The van der Waals surface area contributed by atoms with E-state index in [1.165, 1.54) is 0 Å². The maximum atomic E-state index is 11.9. The van der Waals surface area contributed by atoms with Gasteiger partial charge in [-0.1, -0.05) is 27.2 Å². The second-order valence-electron chi connectivity index (χ2n) is 4.21. The average molecular weight is 337 g/mol. The number of amidine groups is 1. The van der Waals surface area contributed by atoms with Crippen LogP contribution in [0.4, 0.5) is 0 Å². The SMILES string of the molecule is B.CCCC(C)C1(CC)C(=O)N=C(O)NC1=O.Cl.Cl.[NaH]. The summed E-state index contributed by atoms with van der Waals surface area (Å²) in [5, 5.41) is 11.3. The molecule has 0 radical (unpaired) electrons. The number of hydrogen-bond acceptors (Lipinski definition) is 2. The summed E-state index contributed by atoms with van der Waals surface area (Å²) in [5.41, 5.74) is -1.11. The number of nitrogens with zero attached hydrogens (tertiary/aromatic N) is 1. The third-order valence-corrected chi connectivity index (χ3v) is 3.34. The molecule has 1 aliphatic heterocycles. The molecule has 1 rings (SSSR count). The fraction of sp³-hybridized carbons (Fsp3) is 0.727. The molecule has 0 aromatic heterocycles. The molecule has 0 spiro atoms. The molecule has 1 aliphatic rings. The Morgan fingerprint density at radius 2 is 1.80 bits per heavy atom. The van der Waals surface area contributed by atoms with Crippen LogP contribution in [0.2, 0.25) is 0 Å². The number of halogens is 2. The van der Waals surface area contributed by atoms with Crippen molar-refractivity contribution in [2.45, 2.75) is 40.0 Å². The normalized spacial score (nSPS) is 21.9. The molecule has 1 heterocycles. The van der Waals surface area contributed by atoms with Crippen LogP contribution in [-0.4, -0.2) is 60.9 Å². The summed E-state index contributed by atoms with van der Waals surface area (Å²) < 4.78 is 0. The molecular weight excluding hydrogens is 313 g/mol. The molecule has 0 saturated heterocycles. The van der Waals surface area contributed by atoms with Crippen molar-refractivity contribution in [3.8, 4) is 0 Å². The Kier molecular flexibility index (Phi) is 16.9. The van der Waals surface area contributed by atoms with Gasteiger partial charge in [0.15, 0.2) is 0 Å². The van der Waals surface area contributed by atoms with Crippen molar-refractivity contribution in [1.29, 1.82) is 0 Å².